The molecule has 0 heterocycles. The van der Waals surface area contributed by atoms with Crippen LogP contribution >= 0.6 is 0 Å². The molecule has 1 aliphatic rings. The molecule has 2 nitrogen and oxygen atoms in total. The lowest BCUT2D eigenvalue weighted by Crippen LogP contribution is -2.09. The third kappa shape index (κ3) is 2.67. The Morgan fingerprint density at radius 2 is 2.33 bits per heavy atom. The maximum absolute atomic E-state index is 8.53. The summed E-state index contributed by atoms with van der Waals surface area (Å²) in [6, 6.07) is 2.21. The molecule has 1 rings (SSSR count). The average molecular weight is 165 g/mol. The second kappa shape index (κ2) is 4.27. The minimum absolute atomic E-state index is 0.232. The predicted molar refractivity (Wildman–Crippen MR) is 47.5 cm³/mol. The lowest BCUT2D eigenvalue weighted by molar-refractivity contribution is 0.114. The number of nitriles is 1. The zero-order chi connectivity index (χ0) is 8.86. The molecule has 0 radical (unpaired) electrons. The summed E-state index contributed by atoms with van der Waals surface area (Å²) in [5.41, 5.74) is 0.232. The van der Waals surface area contributed by atoms with Gasteiger partial charge in [-0.05, 0) is 19.8 Å². The zero-order valence-corrected chi connectivity index (χ0v) is 7.55. The first kappa shape index (κ1) is 9.28. The summed E-state index contributed by atoms with van der Waals surface area (Å²) in [7, 11) is 0. The Kier molecular flexibility index (Phi) is 3.31. The van der Waals surface area contributed by atoms with Gasteiger partial charge in [0.15, 0.2) is 0 Å². The highest BCUT2D eigenvalue weighted by Gasteiger charge is 2.42. The van der Waals surface area contributed by atoms with E-state index in [2.05, 4.69) is 6.07 Å². The molecule has 0 atom stereocenters. The molecule has 66 valence electrons. The highest BCUT2D eigenvalue weighted by molar-refractivity contribution is 4.99. The fourth-order valence-corrected chi connectivity index (χ4v) is 1.16. The topological polar surface area (TPSA) is 33.0 Å². The lowest BCUT2D eigenvalue weighted by Gasteiger charge is -2.09. The van der Waals surface area contributed by atoms with Crippen molar-refractivity contribution in [1.82, 2.24) is 0 Å². The maximum atomic E-state index is 8.53. The zero-order valence-electron chi connectivity index (χ0n) is 7.55. The van der Waals surface area contributed by atoms with Gasteiger partial charge in [-0.2, -0.15) is 5.26 Å². The fourth-order valence-electron chi connectivity index (χ4n) is 1.16. The van der Waals surface area contributed by atoms with E-state index in [1.54, 1.807) is 0 Å². The molecule has 12 heavy (non-hydrogen) atoms. The molecule has 0 aromatic heterocycles. The van der Waals surface area contributed by atoms with Gasteiger partial charge >= 0.3 is 0 Å². The van der Waals surface area contributed by atoms with Crippen LogP contribution in [0.15, 0.2) is 12.2 Å². The van der Waals surface area contributed by atoms with E-state index >= 15 is 0 Å². The van der Waals surface area contributed by atoms with Crippen molar-refractivity contribution in [2.45, 2.75) is 26.2 Å². The smallest absolute Gasteiger partial charge is 0.0647 e. The molecule has 0 bridgehead atoms. The minimum atomic E-state index is 0.232. The molecule has 0 unspecified atom stereocenters. The van der Waals surface area contributed by atoms with Gasteiger partial charge in [-0.15, -0.1) is 0 Å². The lowest BCUT2D eigenvalue weighted by atomic mass is 10.1. The normalized spacial score (nSPS) is 19.3. The van der Waals surface area contributed by atoms with Crippen LogP contribution in [0.4, 0.5) is 0 Å². The summed E-state index contributed by atoms with van der Waals surface area (Å²) in [4.78, 5) is 0. The number of allylic oxidation sites excluding steroid dienone is 1. The van der Waals surface area contributed by atoms with Gasteiger partial charge in [0.1, 0.15) is 0 Å². The summed E-state index contributed by atoms with van der Waals surface area (Å²) in [5.74, 6) is 0. The van der Waals surface area contributed by atoms with Crippen LogP contribution in [0.2, 0.25) is 0 Å². The van der Waals surface area contributed by atoms with E-state index in [1.165, 1.54) is 0 Å². The Bertz CT molecular complexity index is 198. The summed E-state index contributed by atoms with van der Waals surface area (Å²) in [5, 5.41) is 8.53. The van der Waals surface area contributed by atoms with Gasteiger partial charge < -0.3 is 4.74 Å². The van der Waals surface area contributed by atoms with Gasteiger partial charge in [0, 0.05) is 11.8 Å². The standard InChI is InChI=1S/C10H15NO/c1-2-3-8-12-9-10(4-5-10)6-7-11/h2-3H,4-6,8-9H2,1H3. The van der Waals surface area contributed by atoms with Crippen LogP contribution in [0, 0.1) is 16.7 Å². The van der Waals surface area contributed by atoms with E-state index < -0.39 is 0 Å². The average Bonchev–Trinajstić information content (AvgIpc) is 2.81. The van der Waals surface area contributed by atoms with Crippen LogP contribution in [0.1, 0.15) is 26.2 Å². The van der Waals surface area contributed by atoms with E-state index in [-0.39, 0.29) is 5.41 Å². The molecule has 0 N–H and O–H groups in total. The van der Waals surface area contributed by atoms with Gasteiger partial charge in [0.25, 0.3) is 0 Å². The summed E-state index contributed by atoms with van der Waals surface area (Å²) in [6.45, 7) is 3.42. The third-order valence-corrected chi connectivity index (χ3v) is 2.27. The molecular formula is C10H15NO. The van der Waals surface area contributed by atoms with E-state index in [0.717, 1.165) is 19.4 Å². The summed E-state index contributed by atoms with van der Waals surface area (Å²) in [6.07, 6.45) is 6.95. The van der Waals surface area contributed by atoms with Gasteiger partial charge in [-0.25, -0.2) is 0 Å². The Labute approximate surface area is 73.8 Å². The Balaban J connectivity index is 2.11. The van der Waals surface area contributed by atoms with Gasteiger partial charge in [0.2, 0.25) is 0 Å². The Hall–Kier alpha value is -0.810. The minimum Gasteiger partial charge on any atom is -0.377 e. The molecule has 0 aromatic rings. The molecule has 0 spiro atoms. The molecule has 2 heteroatoms. The predicted octanol–water partition coefficient (Wildman–Crippen LogP) is 2.27. The Morgan fingerprint density at radius 3 is 2.83 bits per heavy atom. The quantitative estimate of drug-likeness (QED) is 0.462. The molecule has 1 fully saturated rings. The molecule has 0 saturated heterocycles. The first-order valence-electron chi connectivity index (χ1n) is 4.39. The van der Waals surface area contributed by atoms with E-state index in [9.17, 15) is 0 Å². The molecular weight excluding hydrogens is 150 g/mol. The number of nitrogens with zero attached hydrogens (tertiary/aromatic N) is 1. The molecule has 1 aliphatic carbocycles. The molecule has 0 amide bonds. The largest absolute Gasteiger partial charge is 0.377 e. The first-order valence-corrected chi connectivity index (χ1v) is 4.39. The van der Waals surface area contributed by atoms with Crippen molar-refractivity contribution in [3.05, 3.63) is 12.2 Å². The van der Waals surface area contributed by atoms with E-state index in [1.807, 2.05) is 19.1 Å². The molecule has 0 aromatic carbocycles. The van der Waals surface area contributed by atoms with Crippen molar-refractivity contribution in [1.29, 1.82) is 5.26 Å². The number of ether oxygens (including phenoxy) is 1. The van der Waals surface area contributed by atoms with Crippen molar-refractivity contribution in [2.24, 2.45) is 5.41 Å². The fraction of sp³-hybridized carbons (Fsp3) is 0.700. The number of hydrogen-bond donors (Lipinski definition) is 0. The van der Waals surface area contributed by atoms with Crippen LogP contribution in [-0.4, -0.2) is 13.2 Å². The second-order valence-electron chi connectivity index (χ2n) is 3.42. The summed E-state index contributed by atoms with van der Waals surface area (Å²) < 4.78 is 5.42. The first-order chi connectivity index (χ1) is 5.83. The van der Waals surface area contributed by atoms with Crippen molar-refractivity contribution in [3.8, 4) is 6.07 Å². The highest BCUT2D eigenvalue weighted by atomic mass is 16.5. The van der Waals surface area contributed by atoms with Gasteiger partial charge in [0.05, 0.1) is 19.3 Å². The van der Waals surface area contributed by atoms with Crippen LogP contribution < -0.4 is 0 Å². The van der Waals surface area contributed by atoms with Crippen LogP contribution in [0.3, 0.4) is 0 Å². The third-order valence-electron chi connectivity index (χ3n) is 2.27. The van der Waals surface area contributed by atoms with Crippen LogP contribution in [0.5, 0.6) is 0 Å². The van der Waals surface area contributed by atoms with Gasteiger partial charge in [-0.1, -0.05) is 12.2 Å². The second-order valence-corrected chi connectivity index (χ2v) is 3.42. The monoisotopic (exact) mass is 165 g/mol. The number of rotatable bonds is 5. The van der Waals surface area contributed by atoms with Crippen molar-refractivity contribution in [2.75, 3.05) is 13.2 Å². The van der Waals surface area contributed by atoms with Crippen molar-refractivity contribution >= 4 is 0 Å². The summed E-state index contributed by atoms with van der Waals surface area (Å²) >= 11 is 0. The Morgan fingerprint density at radius 1 is 1.58 bits per heavy atom. The molecule has 0 aliphatic heterocycles. The highest BCUT2D eigenvalue weighted by Crippen LogP contribution is 2.48. The van der Waals surface area contributed by atoms with E-state index in [0.29, 0.717) is 13.0 Å². The molecule has 1 saturated carbocycles. The van der Waals surface area contributed by atoms with Crippen LogP contribution in [-0.2, 0) is 4.74 Å². The van der Waals surface area contributed by atoms with Crippen molar-refractivity contribution < 1.29 is 4.74 Å². The van der Waals surface area contributed by atoms with Gasteiger partial charge in [-0.3, -0.25) is 0 Å². The SMILES string of the molecule is CC=CCOCC1(CC#N)CC1. The maximum Gasteiger partial charge on any atom is 0.0647 e. The van der Waals surface area contributed by atoms with Crippen molar-refractivity contribution in [3.63, 3.8) is 0 Å². The van der Waals surface area contributed by atoms with Crippen LogP contribution in [0.25, 0.3) is 0 Å². The number of hydrogen-bond acceptors (Lipinski definition) is 2. The van der Waals surface area contributed by atoms with E-state index in [4.69, 9.17) is 10.00 Å².